The molecule has 0 radical (unpaired) electrons. The summed E-state index contributed by atoms with van der Waals surface area (Å²) in [6.45, 7) is 1.69. The Hall–Kier alpha value is -1.63. The highest BCUT2D eigenvalue weighted by Crippen LogP contribution is 2.31. The van der Waals surface area contributed by atoms with Gasteiger partial charge in [0.15, 0.2) is 0 Å². The van der Waals surface area contributed by atoms with Crippen molar-refractivity contribution in [3.8, 4) is 0 Å². The van der Waals surface area contributed by atoms with E-state index in [1.165, 1.54) is 27.0 Å². The van der Waals surface area contributed by atoms with Gasteiger partial charge in [-0.25, -0.2) is 4.79 Å². The molecule has 0 N–H and O–H groups in total. The SMILES string of the molecule is CS/C=C(\C)n1c(=O)n(C)c2ccc(C(F)(F)F)cc21. The van der Waals surface area contributed by atoms with Gasteiger partial charge >= 0.3 is 11.9 Å². The summed E-state index contributed by atoms with van der Waals surface area (Å²) in [6.07, 6.45) is -2.61. The molecule has 0 aliphatic heterocycles. The third-order valence-corrected chi connectivity index (χ3v) is 3.60. The second kappa shape index (κ2) is 5.05. The zero-order chi connectivity index (χ0) is 15.1. The van der Waals surface area contributed by atoms with E-state index < -0.39 is 11.7 Å². The van der Waals surface area contributed by atoms with Gasteiger partial charge in [-0.3, -0.25) is 9.13 Å². The summed E-state index contributed by atoms with van der Waals surface area (Å²) in [4.78, 5) is 12.2. The average molecular weight is 302 g/mol. The number of rotatable bonds is 2. The zero-order valence-electron chi connectivity index (χ0n) is 11.2. The van der Waals surface area contributed by atoms with E-state index in [1.807, 2.05) is 6.26 Å². The van der Waals surface area contributed by atoms with Gasteiger partial charge in [-0.15, -0.1) is 11.8 Å². The molecule has 0 aliphatic rings. The highest BCUT2D eigenvalue weighted by Gasteiger charge is 2.31. The van der Waals surface area contributed by atoms with Crippen molar-refractivity contribution < 1.29 is 13.2 Å². The van der Waals surface area contributed by atoms with Crippen LogP contribution in [0.3, 0.4) is 0 Å². The van der Waals surface area contributed by atoms with Crippen LogP contribution in [0.4, 0.5) is 13.2 Å². The minimum Gasteiger partial charge on any atom is -0.295 e. The molecule has 1 aromatic carbocycles. The van der Waals surface area contributed by atoms with Gasteiger partial charge in [0.2, 0.25) is 0 Å². The van der Waals surface area contributed by atoms with Crippen LogP contribution in [0.2, 0.25) is 0 Å². The van der Waals surface area contributed by atoms with Crippen LogP contribution in [0, 0.1) is 0 Å². The van der Waals surface area contributed by atoms with E-state index in [9.17, 15) is 18.0 Å². The maximum absolute atomic E-state index is 12.8. The monoisotopic (exact) mass is 302 g/mol. The third kappa shape index (κ3) is 2.37. The van der Waals surface area contributed by atoms with Crippen molar-refractivity contribution in [2.75, 3.05) is 6.26 Å². The topological polar surface area (TPSA) is 26.9 Å². The van der Waals surface area contributed by atoms with Crippen molar-refractivity contribution >= 4 is 28.5 Å². The Morgan fingerprint density at radius 2 is 1.95 bits per heavy atom. The van der Waals surface area contributed by atoms with Crippen LogP contribution in [0.15, 0.2) is 28.4 Å². The van der Waals surface area contributed by atoms with E-state index in [2.05, 4.69) is 0 Å². The first-order valence-electron chi connectivity index (χ1n) is 5.76. The smallest absolute Gasteiger partial charge is 0.295 e. The number of aromatic nitrogens is 2. The second-order valence-corrected chi connectivity index (χ2v) is 5.08. The molecule has 7 heteroatoms. The van der Waals surface area contributed by atoms with Crippen LogP contribution in [-0.4, -0.2) is 15.4 Å². The lowest BCUT2D eigenvalue weighted by molar-refractivity contribution is -0.137. The molecule has 1 aromatic heterocycles. The number of imidazole rings is 1. The summed E-state index contributed by atoms with van der Waals surface area (Å²) >= 11 is 1.39. The number of hydrogen-bond donors (Lipinski definition) is 0. The molecule has 2 aromatic rings. The molecular formula is C13H13F3N2OS. The van der Waals surface area contributed by atoms with Gasteiger partial charge in [0.1, 0.15) is 0 Å². The van der Waals surface area contributed by atoms with Crippen LogP contribution < -0.4 is 5.69 Å². The van der Waals surface area contributed by atoms with E-state index in [4.69, 9.17) is 0 Å². The molecule has 0 atom stereocenters. The van der Waals surface area contributed by atoms with Gasteiger partial charge in [0, 0.05) is 12.7 Å². The number of fused-ring (bicyclic) bond motifs is 1. The number of alkyl halides is 3. The summed E-state index contributed by atoms with van der Waals surface area (Å²) in [5.41, 5.74) is 0.197. The second-order valence-electron chi connectivity index (χ2n) is 4.37. The number of thioether (sulfide) groups is 1. The molecule has 0 fully saturated rings. The molecule has 0 bridgehead atoms. The number of halogens is 3. The maximum atomic E-state index is 12.8. The molecule has 0 saturated heterocycles. The van der Waals surface area contributed by atoms with Crippen molar-refractivity contribution in [3.05, 3.63) is 39.7 Å². The molecule has 0 saturated carbocycles. The standard InChI is InChI=1S/C13H13F3N2OS/c1-8(7-20-3)18-11-6-9(13(14,15)16)4-5-10(11)17(2)12(18)19/h4-7H,1-3H3/b8-7+. The van der Waals surface area contributed by atoms with Crippen molar-refractivity contribution in [3.63, 3.8) is 0 Å². The lowest BCUT2D eigenvalue weighted by Crippen LogP contribution is -2.20. The van der Waals surface area contributed by atoms with Crippen LogP contribution in [0.1, 0.15) is 12.5 Å². The van der Waals surface area contributed by atoms with Gasteiger partial charge in [-0.2, -0.15) is 13.2 Å². The van der Waals surface area contributed by atoms with E-state index in [1.54, 1.807) is 19.4 Å². The van der Waals surface area contributed by atoms with Crippen LogP contribution >= 0.6 is 11.8 Å². The highest BCUT2D eigenvalue weighted by molar-refractivity contribution is 8.01. The van der Waals surface area contributed by atoms with Gasteiger partial charge in [0.05, 0.1) is 16.6 Å². The maximum Gasteiger partial charge on any atom is 0.416 e. The Kier molecular flexibility index (Phi) is 3.73. The number of allylic oxidation sites excluding steroid dienone is 1. The number of nitrogens with zero attached hydrogens (tertiary/aromatic N) is 2. The minimum absolute atomic E-state index is 0.259. The summed E-state index contributed by atoms with van der Waals surface area (Å²) in [5, 5.41) is 1.72. The third-order valence-electron chi connectivity index (χ3n) is 3.02. The highest BCUT2D eigenvalue weighted by atomic mass is 32.2. The quantitative estimate of drug-likeness (QED) is 0.848. The molecule has 0 amide bonds. The largest absolute Gasteiger partial charge is 0.416 e. The van der Waals surface area contributed by atoms with Gasteiger partial charge in [-0.1, -0.05) is 0 Å². The Balaban J connectivity index is 2.83. The fraction of sp³-hybridized carbons (Fsp3) is 0.308. The van der Waals surface area contributed by atoms with Crippen molar-refractivity contribution in [2.45, 2.75) is 13.1 Å². The Morgan fingerprint density at radius 3 is 2.50 bits per heavy atom. The molecular weight excluding hydrogens is 289 g/mol. The Morgan fingerprint density at radius 1 is 1.30 bits per heavy atom. The minimum atomic E-state index is -4.43. The fourth-order valence-electron chi connectivity index (χ4n) is 2.08. The van der Waals surface area contributed by atoms with Crippen molar-refractivity contribution in [1.82, 2.24) is 9.13 Å². The van der Waals surface area contributed by atoms with Crippen LogP contribution in [0.5, 0.6) is 0 Å². The lowest BCUT2D eigenvalue weighted by Gasteiger charge is -2.08. The van der Waals surface area contributed by atoms with Gasteiger partial charge in [0.25, 0.3) is 0 Å². The molecule has 0 aliphatic carbocycles. The molecule has 3 nitrogen and oxygen atoms in total. The first kappa shape index (κ1) is 14.8. The van der Waals surface area contributed by atoms with Crippen LogP contribution in [0.25, 0.3) is 16.7 Å². The average Bonchev–Trinajstić information content (AvgIpc) is 2.61. The van der Waals surface area contributed by atoms with Crippen molar-refractivity contribution in [2.24, 2.45) is 7.05 Å². The number of hydrogen-bond acceptors (Lipinski definition) is 2. The molecule has 2 rings (SSSR count). The fourth-order valence-corrected chi connectivity index (χ4v) is 2.53. The van der Waals surface area contributed by atoms with E-state index in [-0.39, 0.29) is 11.2 Å². The Labute approximate surface area is 117 Å². The molecule has 0 spiro atoms. The number of aryl methyl sites for hydroxylation is 1. The van der Waals surface area contributed by atoms with E-state index in [0.29, 0.717) is 11.2 Å². The van der Waals surface area contributed by atoms with Gasteiger partial charge < -0.3 is 0 Å². The summed E-state index contributed by atoms with van der Waals surface area (Å²) in [7, 11) is 1.54. The summed E-state index contributed by atoms with van der Waals surface area (Å²) < 4.78 is 41.0. The first-order valence-corrected chi connectivity index (χ1v) is 7.04. The normalized spacial score (nSPS) is 13.2. The predicted octanol–water partition coefficient (Wildman–Crippen LogP) is 3.54. The summed E-state index contributed by atoms with van der Waals surface area (Å²) in [6, 6.07) is 3.32. The molecule has 1 heterocycles. The van der Waals surface area contributed by atoms with Crippen LogP contribution in [-0.2, 0) is 13.2 Å². The lowest BCUT2D eigenvalue weighted by atomic mass is 10.2. The van der Waals surface area contributed by atoms with E-state index >= 15 is 0 Å². The molecule has 20 heavy (non-hydrogen) atoms. The van der Waals surface area contributed by atoms with E-state index in [0.717, 1.165) is 12.1 Å². The molecule has 0 unspecified atom stereocenters. The molecule has 108 valence electrons. The Bertz CT molecular complexity index is 740. The predicted molar refractivity (Wildman–Crippen MR) is 75.6 cm³/mol. The van der Waals surface area contributed by atoms with Gasteiger partial charge in [-0.05, 0) is 36.8 Å². The number of benzene rings is 1. The zero-order valence-corrected chi connectivity index (χ0v) is 12.0. The summed E-state index contributed by atoms with van der Waals surface area (Å²) in [5.74, 6) is 0. The first-order chi connectivity index (χ1) is 9.27. The van der Waals surface area contributed by atoms with Crippen molar-refractivity contribution in [1.29, 1.82) is 0 Å².